The molecule has 2 aromatic rings. The van der Waals surface area contributed by atoms with Crippen LogP contribution in [0.15, 0.2) is 47.2 Å². The van der Waals surface area contributed by atoms with Crippen LogP contribution in [0.5, 0.6) is 0 Å². The van der Waals surface area contributed by atoms with Crippen LogP contribution >= 0.6 is 0 Å². The Bertz CT molecular complexity index is 482. The molecular formula is C13H14N2O3. The van der Waals surface area contributed by atoms with E-state index in [9.17, 15) is 9.90 Å². The zero-order chi connectivity index (χ0) is 12.8. The maximum absolute atomic E-state index is 11.7. The second-order valence-corrected chi connectivity index (χ2v) is 3.93. The molecule has 5 heteroatoms. The number of benzene rings is 1. The summed E-state index contributed by atoms with van der Waals surface area (Å²) >= 11 is 0. The van der Waals surface area contributed by atoms with Gasteiger partial charge in [0, 0.05) is 6.07 Å². The van der Waals surface area contributed by atoms with Gasteiger partial charge in [0.05, 0.1) is 12.6 Å². The van der Waals surface area contributed by atoms with Crippen molar-refractivity contribution in [1.29, 1.82) is 0 Å². The molecular weight excluding hydrogens is 232 g/mol. The van der Waals surface area contributed by atoms with Crippen molar-refractivity contribution < 1.29 is 14.4 Å². The molecule has 18 heavy (non-hydrogen) atoms. The molecule has 0 radical (unpaired) electrons. The summed E-state index contributed by atoms with van der Waals surface area (Å²) in [7, 11) is 0. The van der Waals surface area contributed by atoms with Gasteiger partial charge >= 0.3 is 0 Å². The van der Waals surface area contributed by atoms with Gasteiger partial charge in [-0.2, -0.15) is 0 Å². The van der Waals surface area contributed by atoms with Crippen molar-refractivity contribution >= 4 is 5.91 Å². The quantitative estimate of drug-likeness (QED) is 0.825. The van der Waals surface area contributed by atoms with Crippen molar-refractivity contribution in [2.45, 2.75) is 12.5 Å². The van der Waals surface area contributed by atoms with E-state index in [1.165, 1.54) is 12.3 Å². The highest BCUT2D eigenvalue weighted by Crippen LogP contribution is 2.04. The van der Waals surface area contributed by atoms with Crippen LogP contribution in [0.2, 0.25) is 0 Å². The van der Waals surface area contributed by atoms with Gasteiger partial charge in [-0.25, -0.2) is 0 Å². The van der Waals surface area contributed by atoms with Crippen LogP contribution in [0.1, 0.15) is 16.1 Å². The minimum atomic E-state index is -0.348. The van der Waals surface area contributed by atoms with Gasteiger partial charge in [0.2, 0.25) is 0 Å². The molecule has 0 aliphatic heterocycles. The SMILES string of the molecule is O=C(N[C@H](CO)Cc1ccccc1)c1ccon1. The topological polar surface area (TPSA) is 75.4 Å². The van der Waals surface area contributed by atoms with Crippen molar-refractivity contribution in [3.63, 3.8) is 0 Å². The Hall–Kier alpha value is -2.14. The van der Waals surface area contributed by atoms with Crippen molar-refractivity contribution in [3.8, 4) is 0 Å². The monoisotopic (exact) mass is 246 g/mol. The van der Waals surface area contributed by atoms with E-state index in [4.69, 9.17) is 0 Å². The molecule has 0 aliphatic carbocycles. The fourth-order valence-electron chi connectivity index (χ4n) is 1.65. The van der Waals surface area contributed by atoms with Crippen LogP contribution in [-0.4, -0.2) is 28.8 Å². The molecule has 0 spiro atoms. The lowest BCUT2D eigenvalue weighted by atomic mass is 10.1. The summed E-state index contributed by atoms with van der Waals surface area (Å²) < 4.78 is 4.60. The standard InChI is InChI=1S/C13H14N2O3/c16-9-11(8-10-4-2-1-3-5-10)14-13(17)12-6-7-18-15-12/h1-7,11,16H,8-9H2,(H,14,17)/t11-/m0/s1. The number of aromatic nitrogens is 1. The van der Waals surface area contributed by atoms with Gasteiger partial charge in [-0.3, -0.25) is 4.79 Å². The minimum Gasteiger partial charge on any atom is -0.394 e. The number of aliphatic hydroxyl groups is 1. The number of carbonyl (C=O) groups is 1. The molecule has 1 amide bonds. The van der Waals surface area contributed by atoms with E-state index >= 15 is 0 Å². The number of hydrogen-bond donors (Lipinski definition) is 2. The predicted octanol–water partition coefficient (Wildman–Crippen LogP) is 1.01. The largest absolute Gasteiger partial charge is 0.394 e. The molecule has 2 N–H and O–H groups in total. The van der Waals surface area contributed by atoms with Gasteiger partial charge in [-0.05, 0) is 12.0 Å². The second kappa shape index (κ2) is 5.97. The van der Waals surface area contributed by atoms with Crippen LogP contribution in [0, 0.1) is 0 Å². The first-order valence-corrected chi connectivity index (χ1v) is 5.65. The van der Waals surface area contributed by atoms with Crippen LogP contribution in [0.3, 0.4) is 0 Å². The third-order valence-electron chi connectivity index (χ3n) is 2.55. The van der Waals surface area contributed by atoms with Gasteiger partial charge < -0.3 is 14.9 Å². The van der Waals surface area contributed by atoms with E-state index < -0.39 is 0 Å². The third-order valence-corrected chi connectivity index (χ3v) is 2.55. The Kier molecular flexibility index (Phi) is 4.09. The zero-order valence-electron chi connectivity index (χ0n) is 9.74. The highest BCUT2D eigenvalue weighted by Gasteiger charge is 2.15. The maximum Gasteiger partial charge on any atom is 0.273 e. The molecule has 0 aliphatic rings. The maximum atomic E-state index is 11.7. The van der Waals surface area contributed by atoms with Crippen molar-refractivity contribution in [3.05, 3.63) is 53.9 Å². The number of carbonyl (C=O) groups excluding carboxylic acids is 1. The first-order valence-electron chi connectivity index (χ1n) is 5.65. The molecule has 0 fully saturated rings. The van der Waals surface area contributed by atoms with Crippen molar-refractivity contribution in [2.24, 2.45) is 0 Å². The van der Waals surface area contributed by atoms with Crippen LogP contribution < -0.4 is 5.32 Å². The van der Waals surface area contributed by atoms with Gasteiger partial charge in [-0.1, -0.05) is 35.5 Å². The van der Waals surface area contributed by atoms with E-state index in [2.05, 4.69) is 15.0 Å². The highest BCUT2D eigenvalue weighted by molar-refractivity contribution is 5.92. The van der Waals surface area contributed by atoms with Gasteiger partial charge in [0.15, 0.2) is 5.69 Å². The fourth-order valence-corrected chi connectivity index (χ4v) is 1.65. The van der Waals surface area contributed by atoms with Crippen molar-refractivity contribution in [1.82, 2.24) is 10.5 Å². The van der Waals surface area contributed by atoms with Crippen LogP contribution in [0.25, 0.3) is 0 Å². The fraction of sp³-hybridized carbons (Fsp3) is 0.231. The highest BCUT2D eigenvalue weighted by atomic mass is 16.5. The number of nitrogens with one attached hydrogen (secondary N) is 1. The molecule has 0 saturated heterocycles. The summed E-state index contributed by atoms with van der Waals surface area (Å²) in [4.78, 5) is 11.7. The average Bonchev–Trinajstić information content (AvgIpc) is 2.93. The number of rotatable bonds is 5. The Labute approximate surface area is 104 Å². The molecule has 5 nitrogen and oxygen atoms in total. The minimum absolute atomic E-state index is 0.127. The van der Waals surface area contributed by atoms with E-state index in [1.807, 2.05) is 30.3 Å². The molecule has 1 heterocycles. The third kappa shape index (κ3) is 3.18. The normalized spacial score (nSPS) is 12.1. The molecule has 1 aromatic carbocycles. The molecule has 0 unspecified atom stereocenters. The molecule has 0 saturated carbocycles. The summed E-state index contributed by atoms with van der Waals surface area (Å²) in [6, 6.07) is 10.8. The zero-order valence-corrected chi connectivity index (χ0v) is 9.74. The van der Waals surface area contributed by atoms with Gasteiger partial charge in [0.1, 0.15) is 6.26 Å². The summed E-state index contributed by atoms with van der Waals surface area (Å²) in [5.41, 5.74) is 1.26. The lowest BCUT2D eigenvalue weighted by molar-refractivity contribution is 0.0907. The Balaban J connectivity index is 1.96. The number of nitrogens with zero attached hydrogens (tertiary/aromatic N) is 1. The number of hydrogen-bond acceptors (Lipinski definition) is 4. The predicted molar refractivity (Wildman–Crippen MR) is 65.0 cm³/mol. The summed E-state index contributed by atoms with van der Waals surface area (Å²) in [5.74, 6) is -0.348. The summed E-state index contributed by atoms with van der Waals surface area (Å²) in [6.07, 6.45) is 1.90. The molecule has 94 valence electrons. The van der Waals surface area contributed by atoms with Gasteiger partial charge in [-0.15, -0.1) is 0 Å². The first kappa shape index (κ1) is 12.3. The molecule has 2 rings (SSSR count). The number of amides is 1. The van der Waals surface area contributed by atoms with Crippen molar-refractivity contribution in [2.75, 3.05) is 6.61 Å². The second-order valence-electron chi connectivity index (χ2n) is 3.93. The smallest absolute Gasteiger partial charge is 0.273 e. The van der Waals surface area contributed by atoms with E-state index in [0.717, 1.165) is 5.56 Å². The van der Waals surface area contributed by atoms with Gasteiger partial charge in [0.25, 0.3) is 5.91 Å². The Morgan fingerprint density at radius 2 is 2.11 bits per heavy atom. The first-order chi connectivity index (χ1) is 8.79. The Morgan fingerprint density at radius 1 is 1.33 bits per heavy atom. The average molecular weight is 246 g/mol. The summed E-state index contributed by atoms with van der Waals surface area (Å²) in [5, 5.41) is 15.5. The number of aliphatic hydroxyl groups excluding tert-OH is 1. The Morgan fingerprint density at radius 3 is 2.72 bits per heavy atom. The van der Waals surface area contributed by atoms with E-state index in [1.54, 1.807) is 0 Å². The lowest BCUT2D eigenvalue weighted by Gasteiger charge is -2.15. The summed E-state index contributed by atoms with van der Waals surface area (Å²) in [6.45, 7) is -0.127. The van der Waals surface area contributed by atoms with E-state index in [-0.39, 0.29) is 24.2 Å². The molecule has 1 aromatic heterocycles. The van der Waals surface area contributed by atoms with E-state index in [0.29, 0.717) is 6.42 Å². The van der Waals surface area contributed by atoms with Crippen LogP contribution in [-0.2, 0) is 6.42 Å². The lowest BCUT2D eigenvalue weighted by Crippen LogP contribution is -2.39. The molecule has 1 atom stereocenters. The van der Waals surface area contributed by atoms with Crippen LogP contribution in [0.4, 0.5) is 0 Å². The molecule has 0 bridgehead atoms.